The zero-order valence-electron chi connectivity index (χ0n) is 20.4. The average molecular weight is 497 g/mol. The largest absolute Gasteiger partial charge is 0.463 e. The van der Waals surface area contributed by atoms with Gasteiger partial charge in [-0.3, -0.25) is 0 Å². The van der Waals surface area contributed by atoms with Crippen molar-refractivity contribution in [1.29, 1.82) is 0 Å². The van der Waals surface area contributed by atoms with Gasteiger partial charge in [-0.25, -0.2) is 24.3 Å². The number of anilines is 2. The molecule has 2 N–H and O–H groups in total. The van der Waals surface area contributed by atoms with Gasteiger partial charge in [0, 0.05) is 43.6 Å². The zero-order chi connectivity index (χ0) is 25.8. The molecule has 5 rings (SSSR count). The van der Waals surface area contributed by atoms with Crippen LogP contribution in [0.25, 0.3) is 16.6 Å². The number of rotatable bonds is 7. The molecule has 0 aliphatic rings. The lowest BCUT2D eigenvalue weighted by molar-refractivity contribution is 0.221. The van der Waals surface area contributed by atoms with Gasteiger partial charge in [-0.2, -0.15) is 5.10 Å². The summed E-state index contributed by atoms with van der Waals surface area (Å²) < 4.78 is 13.4. The minimum absolute atomic E-state index is 0.249. The number of aromatic nitrogens is 5. The molecular weight excluding hydrogens is 472 g/mol. The minimum Gasteiger partial charge on any atom is -0.463 e. The molecule has 0 fully saturated rings. The quantitative estimate of drug-likeness (QED) is 0.313. The predicted molar refractivity (Wildman–Crippen MR) is 139 cm³/mol. The Morgan fingerprint density at radius 3 is 2.73 bits per heavy atom. The summed E-state index contributed by atoms with van der Waals surface area (Å²) in [6.45, 7) is 1.97. The van der Waals surface area contributed by atoms with Crippen LogP contribution in [0.15, 0.2) is 79.8 Å². The van der Waals surface area contributed by atoms with Crippen LogP contribution in [0.1, 0.15) is 5.56 Å². The van der Waals surface area contributed by atoms with Gasteiger partial charge in [-0.1, -0.05) is 0 Å². The maximum Gasteiger partial charge on any atom is 0.320 e. The molecule has 11 nitrogen and oxygen atoms in total. The standard InChI is InChI=1S/C26H24N8O3/c1-17-12-18(4-7-23(17)37-20-8-10-34-24(14-20)29-16-31-34)32-25-21-13-19(5-6-22(21)28-15-30-25)36-11-9-27-26(35)33(2)3/h4-16H,1-3H3,(H,27,35)(H,28,30,32)/b11-9+. The molecule has 0 unspecified atom stereocenters. The summed E-state index contributed by atoms with van der Waals surface area (Å²) in [5, 5.41) is 10.8. The second-order valence-corrected chi connectivity index (χ2v) is 8.30. The Kier molecular flexibility index (Phi) is 6.49. The van der Waals surface area contributed by atoms with Gasteiger partial charge in [-0.15, -0.1) is 0 Å². The van der Waals surface area contributed by atoms with Crippen LogP contribution in [0.5, 0.6) is 17.2 Å². The number of nitrogens with zero attached hydrogens (tertiary/aromatic N) is 6. The number of benzene rings is 2. The fraction of sp³-hybridized carbons (Fsp3) is 0.115. The summed E-state index contributed by atoms with van der Waals surface area (Å²) in [4.78, 5) is 26.0. The number of aryl methyl sites for hydroxylation is 1. The summed E-state index contributed by atoms with van der Waals surface area (Å²) in [6, 6.07) is 14.7. The summed E-state index contributed by atoms with van der Waals surface area (Å²) >= 11 is 0. The number of carbonyl (C=O) groups is 1. The summed E-state index contributed by atoms with van der Waals surface area (Å²) in [5.41, 5.74) is 3.26. The van der Waals surface area contributed by atoms with Crippen LogP contribution in [0, 0.1) is 6.92 Å². The van der Waals surface area contributed by atoms with E-state index in [0.29, 0.717) is 23.0 Å². The SMILES string of the molecule is Cc1cc(Nc2ncnc3ccc(O/C=C/NC(=O)N(C)C)cc23)ccc1Oc1ccn2ncnc2c1. The molecular formula is C26H24N8O3. The Bertz CT molecular complexity index is 1610. The molecule has 0 aliphatic carbocycles. The predicted octanol–water partition coefficient (Wildman–Crippen LogP) is 4.64. The normalized spacial score (nSPS) is 11.1. The Morgan fingerprint density at radius 2 is 1.89 bits per heavy atom. The van der Waals surface area contributed by atoms with Crippen LogP contribution >= 0.6 is 0 Å². The van der Waals surface area contributed by atoms with Gasteiger partial charge in [-0.05, 0) is 55.0 Å². The molecule has 0 bridgehead atoms. The van der Waals surface area contributed by atoms with Crippen molar-refractivity contribution in [2.24, 2.45) is 0 Å². The maximum atomic E-state index is 11.6. The van der Waals surface area contributed by atoms with E-state index in [1.54, 1.807) is 30.9 Å². The second kappa shape index (κ2) is 10.2. The first-order valence-corrected chi connectivity index (χ1v) is 11.4. The number of ether oxygens (including phenoxy) is 2. The minimum atomic E-state index is -0.249. The van der Waals surface area contributed by atoms with Crippen LogP contribution < -0.4 is 20.1 Å². The third-order valence-corrected chi connectivity index (χ3v) is 5.41. The molecule has 3 aromatic heterocycles. The number of nitrogens with one attached hydrogen (secondary N) is 2. The molecule has 0 saturated heterocycles. The topological polar surface area (TPSA) is 119 Å². The lowest BCUT2D eigenvalue weighted by atomic mass is 10.2. The highest BCUT2D eigenvalue weighted by molar-refractivity contribution is 5.91. The van der Waals surface area contributed by atoms with Crippen LogP contribution in [-0.4, -0.2) is 49.6 Å². The molecule has 186 valence electrons. The molecule has 0 spiro atoms. The van der Waals surface area contributed by atoms with Crippen molar-refractivity contribution in [3.05, 3.63) is 85.4 Å². The van der Waals surface area contributed by atoms with E-state index in [1.165, 1.54) is 30.0 Å². The highest BCUT2D eigenvalue weighted by Crippen LogP contribution is 2.31. The molecule has 37 heavy (non-hydrogen) atoms. The number of carbonyl (C=O) groups excluding carboxylic acids is 1. The molecule has 0 radical (unpaired) electrons. The van der Waals surface area contributed by atoms with E-state index in [0.717, 1.165) is 27.9 Å². The molecule has 3 heterocycles. The van der Waals surface area contributed by atoms with Crippen LogP contribution in [-0.2, 0) is 0 Å². The third kappa shape index (κ3) is 5.40. The number of pyridine rings is 1. The maximum absolute atomic E-state index is 11.6. The molecule has 2 amide bonds. The third-order valence-electron chi connectivity index (χ3n) is 5.41. The lowest BCUT2D eigenvalue weighted by Gasteiger charge is -2.13. The fourth-order valence-corrected chi connectivity index (χ4v) is 3.52. The molecule has 0 atom stereocenters. The number of fused-ring (bicyclic) bond motifs is 2. The first-order valence-electron chi connectivity index (χ1n) is 11.4. The first kappa shape index (κ1) is 23.5. The van der Waals surface area contributed by atoms with Crippen LogP contribution in [0.3, 0.4) is 0 Å². The average Bonchev–Trinajstić information content (AvgIpc) is 3.36. The number of hydrogen-bond acceptors (Lipinski definition) is 8. The smallest absolute Gasteiger partial charge is 0.320 e. The molecule has 11 heteroatoms. The summed E-state index contributed by atoms with van der Waals surface area (Å²) in [6.07, 6.45) is 7.65. The molecule has 0 saturated carbocycles. The van der Waals surface area contributed by atoms with Gasteiger partial charge >= 0.3 is 6.03 Å². The van der Waals surface area contributed by atoms with Gasteiger partial charge in [0.25, 0.3) is 0 Å². The van der Waals surface area contributed by atoms with E-state index in [-0.39, 0.29) is 6.03 Å². The lowest BCUT2D eigenvalue weighted by Crippen LogP contribution is -2.30. The van der Waals surface area contributed by atoms with Crippen molar-refractivity contribution in [2.45, 2.75) is 6.92 Å². The van der Waals surface area contributed by atoms with Gasteiger partial charge in [0.15, 0.2) is 5.65 Å². The van der Waals surface area contributed by atoms with Gasteiger partial charge in [0.05, 0.1) is 5.52 Å². The summed E-state index contributed by atoms with van der Waals surface area (Å²) in [7, 11) is 3.31. The van der Waals surface area contributed by atoms with Crippen molar-refractivity contribution in [2.75, 3.05) is 19.4 Å². The second-order valence-electron chi connectivity index (χ2n) is 8.30. The summed E-state index contributed by atoms with van der Waals surface area (Å²) in [5.74, 6) is 2.61. The highest BCUT2D eigenvalue weighted by Gasteiger charge is 2.09. The highest BCUT2D eigenvalue weighted by atomic mass is 16.5. The molecule has 2 aromatic carbocycles. The van der Waals surface area contributed by atoms with E-state index in [4.69, 9.17) is 9.47 Å². The molecule has 5 aromatic rings. The van der Waals surface area contributed by atoms with Crippen molar-refractivity contribution < 1.29 is 14.3 Å². The zero-order valence-corrected chi connectivity index (χ0v) is 20.4. The van der Waals surface area contributed by atoms with Crippen molar-refractivity contribution in [1.82, 2.24) is 34.8 Å². The number of hydrogen-bond donors (Lipinski definition) is 2. The number of urea groups is 1. The Balaban J connectivity index is 1.31. The Hall–Kier alpha value is -5.19. The Labute approximate surface area is 212 Å². The Morgan fingerprint density at radius 1 is 1.00 bits per heavy atom. The number of amides is 2. The van der Waals surface area contributed by atoms with E-state index in [9.17, 15) is 4.79 Å². The van der Waals surface area contributed by atoms with E-state index < -0.39 is 0 Å². The van der Waals surface area contributed by atoms with Crippen LogP contribution in [0.2, 0.25) is 0 Å². The van der Waals surface area contributed by atoms with Gasteiger partial charge in [0.1, 0.15) is 42.0 Å². The van der Waals surface area contributed by atoms with Crippen LogP contribution in [0.4, 0.5) is 16.3 Å². The molecule has 0 aliphatic heterocycles. The van der Waals surface area contributed by atoms with Crippen molar-refractivity contribution >= 4 is 34.1 Å². The van der Waals surface area contributed by atoms with E-state index in [1.807, 2.05) is 49.4 Å². The van der Waals surface area contributed by atoms with Crippen molar-refractivity contribution in [3.8, 4) is 17.2 Å². The van der Waals surface area contributed by atoms with E-state index >= 15 is 0 Å². The van der Waals surface area contributed by atoms with Gasteiger partial charge < -0.3 is 25.0 Å². The van der Waals surface area contributed by atoms with E-state index in [2.05, 4.69) is 30.7 Å². The van der Waals surface area contributed by atoms with Gasteiger partial charge in [0.2, 0.25) is 0 Å². The fourth-order valence-electron chi connectivity index (χ4n) is 3.52. The monoisotopic (exact) mass is 496 g/mol. The first-order chi connectivity index (χ1) is 18.0. The van der Waals surface area contributed by atoms with Crippen molar-refractivity contribution in [3.63, 3.8) is 0 Å².